The summed E-state index contributed by atoms with van der Waals surface area (Å²) in [6.45, 7) is 4.96. The van der Waals surface area contributed by atoms with E-state index in [9.17, 15) is 4.79 Å². The number of hydrogen-bond donors (Lipinski definition) is 2. The van der Waals surface area contributed by atoms with Crippen LogP contribution in [0.15, 0.2) is 0 Å². The largest absolute Gasteiger partial charge is 0.378 e. The summed E-state index contributed by atoms with van der Waals surface area (Å²) in [5, 5.41) is 3.17. The van der Waals surface area contributed by atoms with Gasteiger partial charge in [-0.3, -0.25) is 4.79 Å². The van der Waals surface area contributed by atoms with Crippen molar-refractivity contribution in [1.82, 2.24) is 5.32 Å². The Morgan fingerprint density at radius 2 is 2.06 bits per heavy atom. The van der Waals surface area contributed by atoms with E-state index in [-0.39, 0.29) is 30.0 Å². The van der Waals surface area contributed by atoms with Crippen LogP contribution in [0.4, 0.5) is 0 Å². The van der Waals surface area contributed by atoms with Gasteiger partial charge in [0.2, 0.25) is 5.91 Å². The molecule has 3 N–H and O–H groups in total. The zero-order valence-electron chi connectivity index (χ0n) is 11.5. The second-order valence-electron chi connectivity index (χ2n) is 6.00. The zero-order valence-corrected chi connectivity index (χ0v) is 11.5. The third kappa shape index (κ3) is 3.23. The minimum Gasteiger partial charge on any atom is -0.378 e. The van der Waals surface area contributed by atoms with E-state index >= 15 is 0 Å². The molecule has 0 spiro atoms. The minimum atomic E-state index is 0.00639. The second kappa shape index (κ2) is 6.02. The van der Waals surface area contributed by atoms with Gasteiger partial charge in [-0.1, -0.05) is 13.3 Å². The summed E-state index contributed by atoms with van der Waals surface area (Å²) in [6, 6.07) is 0.293. The molecule has 0 aromatic rings. The van der Waals surface area contributed by atoms with Gasteiger partial charge in [0.25, 0.3) is 0 Å². The van der Waals surface area contributed by atoms with Gasteiger partial charge in [0.15, 0.2) is 0 Å². The van der Waals surface area contributed by atoms with E-state index in [1.54, 1.807) is 0 Å². The summed E-state index contributed by atoms with van der Waals surface area (Å²) in [5.41, 5.74) is 6.17. The lowest BCUT2D eigenvalue weighted by Crippen LogP contribution is -2.51. The highest BCUT2D eigenvalue weighted by atomic mass is 16.5. The quantitative estimate of drug-likeness (QED) is 0.783. The predicted octanol–water partition coefficient (Wildman–Crippen LogP) is 1.43. The third-order valence-electron chi connectivity index (χ3n) is 4.46. The van der Waals surface area contributed by atoms with E-state index in [0.29, 0.717) is 5.92 Å². The summed E-state index contributed by atoms with van der Waals surface area (Å²) >= 11 is 0. The number of nitrogens with two attached hydrogens (primary N) is 1. The first-order valence-electron chi connectivity index (χ1n) is 7.25. The molecule has 1 heterocycles. The minimum absolute atomic E-state index is 0.00639. The molecule has 104 valence electrons. The molecule has 1 aliphatic carbocycles. The molecule has 1 saturated heterocycles. The molecule has 2 fully saturated rings. The zero-order chi connectivity index (χ0) is 13.1. The molecule has 2 aliphatic rings. The van der Waals surface area contributed by atoms with Crippen LogP contribution in [-0.4, -0.2) is 30.7 Å². The number of ether oxygens (including phenoxy) is 1. The lowest BCUT2D eigenvalue weighted by Gasteiger charge is -2.35. The fourth-order valence-electron chi connectivity index (χ4n) is 3.18. The van der Waals surface area contributed by atoms with Gasteiger partial charge in [0.1, 0.15) is 0 Å². The first kappa shape index (κ1) is 13.8. The molecule has 0 aromatic carbocycles. The number of nitrogens with one attached hydrogen (secondary N) is 1. The summed E-state index contributed by atoms with van der Waals surface area (Å²) in [7, 11) is 0. The Morgan fingerprint density at radius 1 is 1.28 bits per heavy atom. The van der Waals surface area contributed by atoms with Crippen LogP contribution >= 0.6 is 0 Å². The van der Waals surface area contributed by atoms with Crippen LogP contribution in [0.3, 0.4) is 0 Å². The van der Waals surface area contributed by atoms with E-state index in [0.717, 1.165) is 38.7 Å². The van der Waals surface area contributed by atoms with Crippen LogP contribution in [0.1, 0.15) is 46.0 Å². The summed E-state index contributed by atoms with van der Waals surface area (Å²) in [5.74, 6) is 0.628. The van der Waals surface area contributed by atoms with E-state index in [4.69, 9.17) is 10.5 Å². The summed E-state index contributed by atoms with van der Waals surface area (Å²) < 4.78 is 5.50. The number of rotatable bonds is 2. The third-order valence-corrected chi connectivity index (χ3v) is 4.46. The predicted molar refractivity (Wildman–Crippen MR) is 71.1 cm³/mol. The summed E-state index contributed by atoms with van der Waals surface area (Å²) in [4.78, 5) is 12.3. The highest BCUT2D eigenvalue weighted by Gasteiger charge is 2.34. The Hall–Kier alpha value is -0.610. The average molecular weight is 254 g/mol. The van der Waals surface area contributed by atoms with Gasteiger partial charge in [0.05, 0.1) is 12.0 Å². The number of carbonyl (C=O) groups excluding carboxylic acids is 1. The van der Waals surface area contributed by atoms with Gasteiger partial charge < -0.3 is 15.8 Å². The van der Waals surface area contributed by atoms with Gasteiger partial charge in [-0.05, 0) is 38.5 Å². The highest BCUT2D eigenvalue weighted by molar-refractivity contribution is 5.79. The molecule has 0 aromatic heterocycles. The van der Waals surface area contributed by atoms with Gasteiger partial charge in [-0.25, -0.2) is 0 Å². The maximum absolute atomic E-state index is 12.3. The molecule has 4 nitrogen and oxygen atoms in total. The fraction of sp³-hybridized carbons (Fsp3) is 0.929. The van der Waals surface area contributed by atoms with Crippen molar-refractivity contribution in [3.8, 4) is 0 Å². The van der Waals surface area contributed by atoms with Gasteiger partial charge in [-0.15, -0.1) is 0 Å². The smallest absolute Gasteiger partial charge is 0.224 e. The Labute approximate surface area is 110 Å². The van der Waals surface area contributed by atoms with Gasteiger partial charge in [0, 0.05) is 18.7 Å². The standard InChI is InChI=1S/C14H26N2O2/c1-9-4-3-5-12(13(9)15)14(17)16-11-6-7-18-10(2)8-11/h9-13H,3-8,15H2,1-2H3,(H,16,17). The highest BCUT2D eigenvalue weighted by Crippen LogP contribution is 2.28. The van der Waals surface area contributed by atoms with Crippen molar-refractivity contribution in [3.05, 3.63) is 0 Å². The van der Waals surface area contributed by atoms with Crippen molar-refractivity contribution < 1.29 is 9.53 Å². The number of hydrogen-bond acceptors (Lipinski definition) is 3. The van der Waals surface area contributed by atoms with Crippen LogP contribution in [0.2, 0.25) is 0 Å². The molecule has 0 radical (unpaired) electrons. The molecule has 4 heteroatoms. The second-order valence-corrected chi connectivity index (χ2v) is 6.00. The Kier molecular flexibility index (Phi) is 4.62. The summed E-state index contributed by atoms with van der Waals surface area (Å²) in [6.07, 6.45) is 5.31. The topological polar surface area (TPSA) is 64.4 Å². The average Bonchev–Trinajstić information content (AvgIpc) is 2.32. The van der Waals surface area contributed by atoms with Crippen LogP contribution in [0.5, 0.6) is 0 Å². The van der Waals surface area contributed by atoms with Crippen molar-refractivity contribution in [2.75, 3.05) is 6.61 Å². The van der Waals surface area contributed by atoms with E-state index in [1.165, 1.54) is 0 Å². The van der Waals surface area contributed by atoms with Crippen molar-refractivity contribution in [2.24, 2.45) is 17.6 Å². The molecule has 5 atom stereocenters. The molecule has 1 amide bonds. The SMILES string of the molecule is CC1CC(NC(=O)C2CCCC(C)C2N)CCO1. The van der Waals surface area contributed by atoms with E-state index < -0.39 is 0 Å². The monoisotopic (exact) mass is 254 g/mol. The van der Waals surface area contributed by atoms with E-state index in [2.05, 4.69) is 19.2 Å². The normalized spacial score (nSPS) is 41.4. The lowest BCUT2D eigenvalue weighted by molar-refractivity contribution is -0.128. The first-order valence-corrected chi connectivity index (χ1v) is 7.25. The van der Waals surface area contributed by atoms with Crippen LogP contribution in [0, 0.1) is 11.8 Å². The lowest BCUT2D eigenvalue weighted by atomic mass is 9.77. The molecule has 1 saturated carbocycles. The molecule has 0 bridgehead atoms. The molecule has 5 unspecified atom stereocenters. The molecule has 2 rings (SSSR count). The van der Waals surface area contributed by atoms with Gasteiger partial charge in [-0.2, -0.15) is 0 Å². The molecular weight excluding hydrogens is 228 g/mol. The van der Waals surface area contributed by atoms with Crippen molar-refractivity contribution in [1.29, 1.82) is 0 Å². The Morgan fingerprint density at radius 3 is 2.78 bits per heavy atom. The van der Waals surface area contributed by atoms with Gasteiger partial charge >= 0.3 is 0 Å². The number of amides is 1. The van der Waals surface area contributed by atoms with Crippen molar-refractivity contribution in [3.63, 3.8) is 0 Å². The van der Waals surface area contributed by atoms with E-state index in [1.807, 2.05) is 0 Å². The molecule has 18 heavy (non-hydrogen) atoms. The van der Waals surface area contributed by atoms with Crippen molar-refractivity contribution >= 4 is 5.91 Å². The van der Waals surface area contributed by atoms with Crippen LogP contribution < -0.4 is 11.1 Å². The first-order chi connectivity index (χ1) is 8.58. The fourth-order valence-corrected chi connectivity index (χ4v) is 3.18. The van der Waals surface area contributed by atoms with Crippen LogP contribution in [-0.2, 0) is 9.53 Å². The van der Waals surface area contributed by atoms with Crippen molar-refractivity contribution in [2.45, 2.75) is 64.1 Å². The van der Waals surface area contributed by atoms with Crippen LogP contribution in [0.25, 0.3) is 0 Å². The molecule has 1 aliphatic heterocycles. The Balaban J connectivity index is 1.86. The number of carbonyl (C=O) groups is 1. The maximum Gasteiger partial charge on any atom is 0.224 e. The molecular formula is C14H26N2O2. The maximum atomic E-state index is 12.3. The Bertz CT molecular complexity index is 296.